The highest BCUT2D eigenvalue weighted by Gasteiger charge is 2.27. The van der Waals surface area contributed by atoms with Gasteiger partial charge >= 0.3 is 5.69 Å². The molecular weight excluding hydrogens is 395 g/mol. The molecule has 4 heterocycles. The summed E-state index contributed by atoms with van der Waals surface area (Å²) in [5.41, 5.74) is 6.40. The maximum Gasteiger partial charge on any atom is 0.346 e. The standard InChI is InChI=1S/C19H19FN6O2S/c20-8-13(9-21)10-25-19(28)24(12-23-25)11-15-4-6-17(29-15)26-16(27)5-3-14-2-1-7-22-18(14)26/h1-2,4,6-8,12H,3,5,9-11,21H2/b13-8+. The monoisotopic (exact) mass is 414 g/mol. The van der Waals surface area contributed by atoms with Gasteiger partial charge in [-0.2, -0.15) is 5.10 Å². The van der Waals surface area contributed by atoms with E-state index in [0.29, 0.717) is 31.5 Å². The molecule has 1 aliphatic heterocycles. The summed E-state index contributed by atoms with van der Waals surface area (Å²) in [7, 11) is 0. The minimum absolute atomic E-state index is 0.00177. The Morgan fingerprint density at radius 3 is 2.93 bits per heavy atom. The average Bonchev–Trinajstić information content (AvgIpc) is 3.33. The predicted molar refractivity (Wildman–Crippen MR) is 108 cm³/mol. The van der Waals surface area contributed by atoms with E-state index < -0.39 is 0 Å². The van der Waals surface area contributed by atoms with E-state index in [2.05, 4.69) is 10.1 Å². The number of anilines is 2. The van der Waals surface area contributed by atoms with Crippen molar-refractivity contribution in [2.24, 2.45) is 5.73 Å². The second kappa shape index (κ2) is 8.10. The van der Waals surface area contributed by atoms with Gasteiger partial charge in [-0.25, -0.2) is 18.9 Å². The smallest absolute Gasteiger partial charge is 0.327 e. The highest BCUT2D eigenvalue weighted by atomic mass is 32.1. The molecule has 0 spiro atoms. The zero-order chi connectivity index (χ0) is 20.4. The molecule has 0 fully saturated rings. The van der Waals surface area contributed by atoms with Crippen molar-refractivity contribution in [3.05, 3.63) is 69.6 Å². The van der Waals surface area contributed by atoms with Gasteiger partial charge in [-0.05, 0) is 35.8 Å². The van der Waals surface area contributed by atoms with Gasteiger partial charge in [0.05, 0.1) is 19.4 Å². The average molecular weight is 414 g/mol. The number of nitrogens with two attached hydrogens (primary N) is 1. The zero-order valence-electron chi connectivity index (χ0n) is 15.5. The lowest BCUT2D eigenvalue weighted by atomic mass is 10.1. The Morgan fingerprint density at radius 1 is 1.28 bits per heavy atom. The van der Waals surface area contributed by atoms with Gasteiger partial charge in [0.25, 0.3) is 0 Å². The molecule has 0 bridgehead atoms. The van der Waals surface area contributed by atoms with Gasteiger partial charge in [-0.15, -0.1) is 11.3 Å². The molecule has 0 saturated heterocycles. The van der Waals surface area contributed by atoms with Crippen molar-refractivity contribution >= 4 is 28.1 Å². The summed E-state index contributed by atoms with van der Waals surface area (Å²) < 4.78 is 15.3. The number of aryl methyl sites for hydroxylation is 1. The lowest BCUT2D eigenvalue weighted by molar-refractivity contribution is -0.118. The number of nitrogens with zero attached hydrogens (tertiary/aromatic N) is 5. The molecular formula is C19H19FN6O2S. The molecule has 10 heteroatoms. The van der Waals surface area contributed by atoms with E-state index >= 15 is 0 Å². The SMILES string of the molecule is NC/C(=C\F)Cn1ncn(Cc2ccc(N3C(=O)CCc4cccnc43)s2)c1=O. The van der Waals surface area contributed by atoms with Gasteiger partial charge in [0.1, 0.15) is 17.1 Å². The molecule has 0 radical (unpaired) electrons. The Balaban J connectivity index is 1.56. The van der Waals surface area contributed by atoms with Gasteiger partial charge in [0.2, 0.25) is 5.91 Å². The first kappa shape index (κ1) is 19.2. The van der Waals surface area contributed by atoms with Crippen molar-refractivity contribution in [3.63, 3.8) is 0 Å². The van der Waals surface area contributed by atoms with Crippen molar-refractivity contribution < 1.29 is 9.18 Å². The number of hydrogen-bond donors (Lipinski definition) is 1. The first-order valence-corrected chi connectivity index (χ1v) is 9.88. The van der Waals surface area contributed by atoms with Gasteiger partial charge in [0, 0.05) is 24.0 Å². The second-order valence-corrected chi connectivity index (χ2v) is 7.77. The molecule has 1 amide bonds. The predicted octanol–water partition coefficient (Wildman–Crippen LogP) is 1.97. The number of aromatic nitrogens is 4. The summed E-state index contributed by atoms with van der Waals surface area (Å²) in [6.07, 6.45) is 4.61. The third kappa shape index (κ3) is 3.76. The van der Waals surface area contributed by atoms with Crippen molar-refractivity contribution in [3.8, 4) is 0 Å². The van der Waals surface area contributed by atoms with Crippen LogP contribution in [-0.2, 0) is 24.3 Å². The van der Waals surface area contributed by atoms with Crippen LogP contribution >= 0.6 is 11.3 Å². The first-order valence-electron chi connectivity index (χ1n) is 9.06. The van der Waals surface area contributed by atoms with Crippen LogP contribution in [0, 0.1) is 0 Å². The number of halogens is 1. The fraction of sp³-hybridized carbons (Fsp3) is 0.263. The van der Waals surface area contributed by atoms with Crippen LogP contribution in [0.2, 0.25) is 0 Å². The second-order valence-electron chi connectivity index (χ2n) is 6.63. The van der Waals surface area contributed by atoms with Gasteiger partial charge in [0.15, 0.2) is 0 Å². The van der Waals surface area contributed by atoms with Crippen LogP contribution in [0.1, 0.15) is 16.9 Å². The van der Waals surface area contributed by atoms with Crippen LogP contribution in [0.25, 0.3) is 0 Å². The van der Waals surface area contributed by atoms with E-state index in [1.807, 2.05) is 24.3 Å². The van der Waals surface area contributed by atoms with Gasteiger partial charge in [-0.3, -0.25) is 14.3 Å². The van der Waals surface area contributed by atoms with Crippen LogP contribution in [-0.4, -0.2) is 31.8 Å². The molecule has 0 unspecified atom stereocenters. The quantitative estimate of drug-likeness (QED) is 0.665. The summed E-state index contributed by atoms with van der Waals surface area (Å²) in [6, 6.07) is 7.58. The first-order chi connectivity index (χ1) is 14.1. The maximum absolute atomic E-state index is 12.7. The zero-order valence-corrected chi connectivity index (χ0v) is 16.3. The number of rotatable bonds is 6. The molecule has 3 aromatic heterocycles. The molecule has 0 atom stereocenters. The third-order valence-corrected chi connectivity index (χ3v) is 5.75. The summed E-state index contributed by atoms with van der Waals surface area (Å²) in [6.45, 7) is 0.334. The number of hydrogen-bond acceptors (Lipinski definition) is 6. The fourth-order valence-electron chi connectivity index (χ4n) is 3.19. The van der Waals surface area contributed by atoms with E-state index in [0.717, 1.165) is 15.4 Å². The molecule has 4 rings (SSSR count). The van der Waals surface area contributed by atoms with Crippen LogP contribution in [0.5, 0.6) is 0 Å². The van der Waals surface area contributed by atoms with E-state index in [-0.39, 0.29) is 30.3 Å². The number of pyridine rings is 1. The van der Waals surface area contributed by atoms with Gasteiger partial charge < -0.3 is 5.73 Å². The van der Waals surface area contributed by atoms with Crippen LogP contribution in [0.4, 0.5) is 15.2 Å². The number of fused-ring (bicyclic) bond motifs is 1. The maximum atomic E-state index is 12.7. The van der Waals surface area contributed by atoms with E-state index in [4.69, 9.17) is 5.73 Å². The van der Waals surface area contributed by atoms with Crippen molar-refractivity contribution in [1.82, 2.24) is 19.3 Å². The summed E-state index contributed by atoms with van der Waals surface area (Å²) in [4.78, 5) is 31.9. The Kier molecular flexibility index (Phi) is 5.36. The number of carbonyl (C=O) groups is 1. The normalized spacial score (nSPS) is 14.3. The molecule has 8 nitrogen and oxygen atoms in total. The van der Waals surface area contributed by atoms with Gasteiger partial charge in [-0.1, -0.05) is 6.07 Å². The van der Waals surface area contributed by atoms with Crippen LogP contribution < -0.4 is 16.3 Å². The van der Waals surface area contributed by atoms with E-state index in [9.17, 15) is 14.0 Å². The molecule has 0 aliphatic carbocycles. The molecule has 3 aromatic rings. The lowest BCUT2D eigenvalue weighted by Crippen LogP contribution is -2.30. The van der Waals surface area contributed by atoms with E-state index in [1.54, 1.807) is 11.1 Å². The summed E-state index contributed by atoms with van der Waals surface area (Å²) in [5.74, 6) is 0.663. The number of thiophene rings is 1. The lowest BCUT2D eigenvalue weighted by Gasteiger charge is -2.26. The summed E-state index contributed by atoms with van der Waals surface area (Å²) >= 11 is 1.42. The van der Waals surface area contributed by atoms with Crippen molar-refractivity contribution in [1.29, 1.82) is 0 Å². The number of amides is 1. The highest BCUT2D eigenvalue weighted by molar-refractivity contribution is 7.16. The largest absolute Gasteiger partial charge is 0.346 e. The molecule has 29 heavy (non-hydrogen) atoms. The van der Waals surface area contributed by atoms with Crippen molar-refractivity contribution in [2.45, 2.75) is 25.9 Å². The molecule has 0 saturated carbocycles. The Morgan fingerprint density at radius 2 is 2.14 bits per heavy atom. The van der Waals surface area contributed by atoms with Crippen LogP contribution in [0.3, 0.4) is 0 Å². The third-order valence-electron chi connectivity index (χ3n) is 4.70. The topological polar surface area (TPSA) is 99.0 Å². The highest BCUT2D eigenvalue weighted by Crippen LogP contribution is 2.36. The van der Waals surface area contributed by atoms with Crippen LogP contribution in [0.15, 0.2) is 53.5 Å². The molecule has 2 N–H and O–H groups in total. The fourth-order valence-corrected chi connectivity index (χ4v) is 4.21. The summed E-state index contributed by atoms with van der Waals surface area (Å²) in [5, 5.41) is 4.78. The minimum Gasteiger partial charge on any atom is -0.327 e. The minimum atomic E-state index is -0.353. The molecule has 0 aromatic carbocycles. The number of carbonyl (C=O) groups excluding carboxylic acids is 1. The van der Waals surface area contributed by atoms with E-state index in [1.165, 1.54) is 26.9 Å². The Hall–Kier alpha value is -3.11. The Bertz CT molecular complexity index is 1130. The Labute approximate surface area is 169 Å². The molecule has 1 aliphatic rings. The molecule has 150 valence electrons. The van der Waals surface area contributed by atoms with Crippen molar-refractivity contribution in [2.75, 3.05) is 11.4 Å².